The number of amides is 1. The smallest absolute Gasteiger partial charge is 0.237 e. The van der Waals surface area contributed by atoms with E-state index in [1.807, 2.05) is 19.9 Å². The molecule has 0 aromatic carbocycles. The number of nitrogens with zero attached hydrogens (tertiary/aromatic N) is 4. The van der Waals surface area contributed by atoms with Crippen LogP contribution in [0.15, 0.2) is 12.3 Å². The van der Waals surface area contributed by atoms with Crippen molar-refractivity contribution in [3.63, 3.8) is 0 Å². The van der Waals surface area contributed by atoms with E-state index in [9.17, 15) is 4.79 Å². The lowest BCUT2D eigenvalue weighted by Gasteiger charge is -2.37. The quantitative estimate of drug-likeness (QED) is 0.878. The Morgan fingerprint density at radius 2 is 2.05 bits per heavy atom. The topological polar surface area (TPSA) is 61.4 Å². The van der Waals surface area contributed by atoms with Gasteiger partial charge >= 0.3 is 0 Å². The standard InChI is InChI=1S/C15H23N5O/c1-11-5-6-16-15(17-11)20-9-7-19(8-10-20)12(2)14(21)18-13-3-4-13/h5-6,12-13H,3-4,7-10H2,1-2H3,(H,18,21). The van der Waals surface area contributed by atoms with Gasteiger partial charge in [0.25, 0.3) is 0 Å². The third-order valence-electron chi connectivity index (χ3n) is 4.23. The summed E-state index contributed by atoms with van der Waals surface area (Å²) < 4.78 is 0. The molecule has 2 fully saturated rings. The van der Waals surface area contributed by atoms with Gasteiger partial charge in [0.2, 0.25) is 11.9 Å². The van der Waals surface area contributed by atoms with Crippen LogP contribution in [-0.4, -0.2) is 59.0 Å². The van der Waals surface area contributed by atoms with Gasteiger partial charge < -0.3 is 10.2 Å². The molecule has 1 atom stereocenters. The molecule has 1 aliphatic heterocycles. The maximum absolute atomic E-state index is 12.1. The highest BCUT2D eigenvalue weighted by Crippen LogP contribution is 2.19. The first-order valence-electron chi connectivity index (χ1n) is 7.72. The molecule has 1 aromatic rings. The number of hydrogen-bond donors (Lipinski definition) is 1. The van der Waals surface area contributed by atoms with Crippen LogP contribution in [0, 0.1) is 6.92 Å². The second-order valence-corrected chi connectivity index (χ2v) is 5.98. The Hall–Kier alpha value is -1.69. The van der Waals surface area contributed by atoms with Gasteiger partial charge in [0, 0.05) is 44.1 Å². The van der Waals surface area contributed by atoms with Crippen molar-refractivity contribution in [3.05, 3.63) is 18.0 Å². The molecule has 1 amide bonds. The van der Waals surface area contributed by atoms with Crippen molar-refractivity contribution in [3.8, 4) is 0 Å². The van der Waals surface area contributed by atoms with Crippen LogP contribution >= 0.6 is 0 Å². The number of carbonyl (C=O) groups is 1. The molecule has 21 heavy (non-hydrogen) atoms. The van der Waals surface area contributed by atoms with Crippen molar-refractivity contribution in [1.82, 2.24) is 20.2 Å². The fraction of sp³-hybridized carbons (Fsp3) is 0.667. The molecule has 2 aliphatic rings. The molecule has 3 rings (SSSR count). The van der Waals surface area contributed by atoms with E-state index in [1.165, 1.54) is 0 Å². The lowest BCUT2D eigenvalue weighted by Crippen LogP contribution is -2.54. The molecule has 1 saturated heterocycles. The minimum Gasteiger partial charge on any atom is -0.352 e. The van der Waals surface area contributed by atoms with Gasteiger partial charge in [-0.2, -0.15) is 0 Å². The highest BCUT2D eigenvalue weighted by atomic mass is 16.2. The van der Waals surface area contributed by atoms with E-state index in [0.717, 1.165) is 50.7 Å². The van der Waals surface area contributed by atoms with Crippen molar-refractivity contribution in [2.75, 3.05) is 31.1 Å². The number of piperazine rings is 1. The van der Waals surface area contributed by atoms with E-state index in [0.29, 0.717) is 6.04 Å². The normalized spacial score (nSPS) is 21.1. The van der Waals surface area contributed by atoms with Gasteiger partial charge in [-0.25, -0.2) is 9.97 Å². The molecule has 1 aliphatic carbocycles. The fourth-order valence-electron chi connectivity index (χ4n) is 2.61. The molecule has 0 radical (unpaired) electrons. The predicted molar refractivity (Wildman–Crippen MR) is 81.2 cm³/mol. The molecule has 1 unspecified atom stereocenters. The third kappa shape index (κ3) is 3.50. The number of aromatic nitrogens is 2. The molecule has 6 heteroatoms. The van der Waals surface area contributed by atoms with Crippen LogP contribution in [0.5, 0.6) is 0 Å². The van der Waals surface area contributed by atoms with E-state index in [1.54, 1.807) is 6.20 Å². The van der Waals surface area contributed by atoms with Crippen LogP contribution in [0.1, 0.15) is 25.5 Å². The van der Waals surface area contributed by atoms with Gasteiger partial charge in [-0.15, -0.1) is 0 Å². The van der Waals surface area contributed by atoms with Gasteiger partial charge in [-0.1, -0.05) is 0 Å². The first-order valence-corrected chi connectivity index (χ1v) is 7.72. The lowest BCUT2D eigenvalue weighted by molar-refractivity contribution is -0.126. The minimum absolute atomic E-state index is 0.0498. The molecule has 6 nitrogen and oxygen atoms in total. The number of aryl methyl sites for hydroxylation is 1. The van der Waals surface area contributed by atoms with Crippen LogP contribution in [0.25, 0.3) is 0 Å². The molecule has 0 bridgehead atoms. The summed E-state index contributed by atoms with van der Waals surface area (Å²) in [6.07, 6.45) is 4.07. The van der Waals surface area contributed by atoms with E-state index in [-0.39, 0.29) is 11.9 Å². The van der Waals surface area contributed by atoms with Gasteiger partial charge in [-0.05, 0) is 32.8 Å². The van der Waals surface area contributed by atoms with Crippen LogP contribution in [-0.2, 0) is 4.79 Å². The zero-order valence-corrected chi connectivity index (χ0v) is 12.7. The predicted octanol–water partition coefficient (Wildman–Crippen LogP) is 0.574. The summed E-state index contributed by atoms with van der Waals surface area (Å²) >= 11 is 0. The average molecular weight is 289 g/mol. The molecule has 2 heterocycles. The molecule has 1 saturated carbocycles. The number of rotatable bonds is 4. The summed E-state index contributed by atoms with van der Waals surface area (Å²) in [5.41, 5.74) is 0.986. The van der Waals surface area contributed by atoms with Gasteiger partial charge in [0.05, 0.1) is 6.04 Å². The number of hydrogen-bond acceptors (Lipinski definition) is 5. The Morgan fingerprint density at radius 3 is 2.67 bits per heavy atom. The first kappa shape index (κ1) is 14.3. The molecular weight excluding hydrogens is 266 g/mol. The van der Waals surface area contributed by atoms with Gasteiger partial charge in [-0.3, -0.25) is 9.69 Å². The van der Waals surface area contributed by atoms with Crippen LogP contribution < -0.4 is 10.2 Å². The zero-order chi connectivity index (χ0) is 14.8. The SMILES string of the molecule is Cc1ccnc(N2CCN(C(C)C(=O)NC3CC3)CC2)n1. The molecule has 0 spiro atoms. The largest absolute Gasteiger partial charge is 0.352 e. The Balaban J connectivity index is 1.53. The number of carbonyl (C=O) groups excluding carboxylic acids is 1. The van der Waals surface area contributed by atoms with E-state index < -0.39 is 0 Å². The fourth-order valence-corrected chi connectivity index (χ4v) is 2.61. The molecule has 114 valence electrons. The summed E-state index contributed by atoms with van der Waals surface area (Å²) in [5, 5.41) is 3.08. The van der Waals surface area contributed by atoms with E-state index >= 15 is 0 Å². The summed E-state index contributed by atoms with van der Waals surface area (Å²) in [5.74, 6) is 0.961. The van der Waals surface area contributed by atoms with E-state index in [4.69, 9.17) is 0 Å². The zero-order valence-electron chi connectivity index (χ0n) is 12.7. The van der Waals surface area contributed by atoms with Gasteiger partial charge in [0.15, 0.2) is 0 Å². The summed E-state index contributed by atoms with van der Waals surface area (Å²) in [6.45, 7) is 7.45. The minimum atomic E-state index is -0.0498. The molecule has 1 N–H and O–H groups in total. The maximum Gasteiger partial charge on any atom is 0.237 e. The Kier molecular flexibility index (Phi) is 4.05. The summed E-state index contributed by atoms with van der Waals surface area (Å²) in [7, 11) is 0. The average Bonchev–Trinajstić information content (AvgIpc) is 3.30. The van der Waals surface area contributed by atoms with Crippen molar-refractivity contribution < 1.29 is 4.79 Å². The maximum atomic E-state index is 12.1. The summed E-state index contributed by atoms with van der Waals surface area (Å²) in [6, 6.07) is 2.29. The molecule has 1 aromatic heterocycles. The monoisotopic (exact) mass is 289 g/mol. The second-order valence-electron chi connectivity index (χ2n) is 5.98. The Bertz CT molecular complexity index is 509. The van der Waals surface area contributed by atoms with Crippen LogP contribution in [0.4, 0.5) is 5.95 Å². The first-order chi connectivity index (χ1) is 10.1. The Morgan fingerprint density at radius 1 is 1.33 bits per heavy atom. The van der Waals surface area contributed by atoms with Crippen molar-refractivity contribution >= 4 is 11.9 Å². The lowest BCUT2D eigenvalue weighted by atomic mass is 10.2. The van der Waals surface area contributed by atoms with Gasteiger partial charge in [0.1, 0.15) is 0 Å². The molecular formula is C15H23N5O. The van der Waals surface area contributed by atoms with Crippen molar-refractivity contribution in [2.24, 2.45) is 0 Å². The van der Waals surface area contributed by atoms with Crippen LogP contribution in [0.2, 0.25) is 0 Å². The van der Waals surface area contributed by atoms with Crippen molar-refractivity contribution in [2.45, 2.75) is 38.8 Å². The van der Waals surface area contributed by atoms with Crippen molar-refractivity contribution in [1.29, 1.82) is 0 Å². The van der Waals surface area contributed by atoms with E-state index in [2.05, 4.69) is 25.1 Å². The highest BCUT2D eigenvalue weighted by Gasteiger charge is 2.30. The third-order valence-corrected chi connectivity index (χ3v) is 4.23. The number of nitrogens with one attached hydrogen (secondary N) is 1. The number of anilines is 1. The summed E-state index contributed by atoms with van der Waals surface area (Å²) in [4.78, 5) is 25.3. The highest BCUT2D eigenvalue weighted by molar-refractivity contribution is 5.81. The Labute approximate surface area is 125 Å². The van der Waals surface area contributed by atoms with Crippen LogP contribution in [0.3, 0.4) is 0 Å². The second kappa shape index (κ2) is 5.97.